The molecule has 2 aromatic carbocycles. The normalized spacial score (nSPS) is 12.4. The van der Waals surface area contributed by atoms with Crippen LogP contribution in [0.3, 0.4) is 0 Å². The van der Waals surface area contributed by atoms with E-state index in [1.54, 1.807) is 12.1 Å². The van der Waals surface area contributed by atoms with Crippen LogP contribution in [0.15, 0.2) is 46.9 Å². The van der Waals surface area contributed by atoms with Gasteiger partial charge in [0.1, 0.15) is 5.82 Å². The van der Waals surface area contributed by atoms with Crippen molar-refractivity contribution < 1.29 is 4.39 Å². The molecule has 4 heteroatoms. The van der Waals surface area contributed by atoms with Crippen LogP contribution in [0.4, 0.5) is 4.39 Å². The van der Waals surface area contributed by atoms with Crippen molar-refractivity contribution in [2.24, 2.45) is 0 Å². The third-order valence-electron chi connectivity index (χ3n) is 3.28. The van der Waals surface area contributed by atoms with Crippen LogP contribution < -0.4 is 5.32 Å². The number of halogens is 3. The minimum Gasteiger partial charge on any atom is -0.319 e. The molecular weight excluding hydrogens is 341 g/mol. The smallest absolute Gasteiger partial charge is 0.127 e. The molecule has 0 saturated carbocycles. The molecule has 0 spiro atoms. The average Bonchev–Trinajstić information content (AvgIpc) is 2.42. The second-order valence-electron chi connectivity index (χ2n) is 4.71. The van der Waals surface area contributed by atoms with E-state index in [1.807, 2.05) is 19.2 Å². The Hall–Kier alpha value is -0.900. The van der Waals surface area contributed by atoms with Crippen LogP contribution in [0.5, 0.6) is 0 Å². The summed E-state index contributed by atoms with van der Waals surface area (Å²) in [6, 6.07) is 12.9. The van der Waals surface area contributed by atoms with Crippen molar-refractivity contribution in [2.45, 2.75) is 12.3 Å². The molecule has 1 atom stereocenters. The molecule has 1 N–H and O–H groups in total. The Morgan fingerprint density at radius 2 is 2.00 bits per heavy atom. The fraction of sp³-hybridized carbons (Fsp3) is 0.250. The lowest BCUT2D eigenvalue weighted by molar-refractivity contribution is 0.574. The maximum atomic E-state index is 13.9. The summed E-state index contributed by atoms with van der Waals surface area (Å²) in [5.41, 5.74) is 1.74. The highest BCUT2D eigenvalue weighted by molar-refractivity contribution is 9.10. The van der Waals surface area contributed by atoms with E-state index in [2.05, 4.69) is 33.4 Å². The van der Waals surface area contributed by atoms with Gasteiger partial charge in [-0.25, -0.2) is 4.39 Å². The summed E-state index contributed by atoms with van der Waals surface area (Å²) in [6.45, 7) is 0.765. The molecule has 2 rings (SSSR count). The molecule has 0 aromatic heterocycles. The van der Waals surface area contributed by atoms with Gasteiger partial charge in [-0.3, -0.25) is 0 Å². The Bertz CT molecular complexity index is 568. The van der Waals surface area contributed by atoms with Crippen LogP contribution in [-0.2, 0) is 6.42 Å². The first-order valence-corrected chi connectivity index (χ1v) is 7.62. The Kier molecular flexibility index (Phi) is 5.58. The highest BCUT2D eigenvalue weighted by Crippen LogP contribution is 2.28. The van der Waals surface area contributed by atoms with Crippen molar-refractivity contribution in [1.29, 1.82) is 0 Å². The van der Waals surface area contributed by atoms with Crippen LogP contribution >= 0.6 is 27.5 Å². The van der Waals surface area contributed by atoms with E-state index in [9.17, 15) is 4.39 Å². The molecule has 106 valence electrons. The van der Waals surface area contributed by atoms with Gasteiger partial charge in [0.25, 0.3) is 0 Å². The van der Waals surface area contributed by atoms with E-state index >= 15 is 0 Å². The number of rotatable bonds is 5. The van der Waals surface area contributed by atoms with E-state index in [0.29, 0.717) is 17.0 Å². The SMILES string of the molecule is CNCC(Cc1c(F)cccc1Cl)c1cccc(Br)c1. The zero-order chi connectivity index (χ0) is 14.5. The van der Waals surface area contributed by atoms with Crippen LogP contribution in [0.2, 0.25) is 5.02 Å². The molecule has 0 heterocycles. The number of likely N-dealkylation sites (N-methyl/N-ethyl adjacent to an activating group) is 1. The van der Waals surface area contributed by atoms with Crippen LogP contribution in [0.25, 0.3) is 0 Å². The largest absolute Gasteiger partial charge is 0.319 e. The quantitative estimate of drug-likeness (QED) is 0.812. The highest BCUT2D eigenvalue weighted by Gasteiger charge is 2.16. The Labute approximate surface area is 132 Å². The number of hydrogen-bond acceptors (Lipinski definition) is 1. The summed E-state index contributed by atoms with van der Waals surface area (Å²) < 4.78 is 15.0. The molecule has 0 aliphatic heterocycles. The van der Waals surface area contributed by atoms with Gasteiger partial charge in [-0.2, -0.15) is 0 Å². The molecule has 1 unspecified atom stereocenters. The monoisotopic (exact) mass is 355 g/mol. The summed E-state index contributed by atoms with van der Waals surface area (Å²) in [6.07, 6.45) is 0.572. The molecule has 0 amide bonds. The zero-order valence-corrected chi connectivity index (χ0v) is 13.5. The summed E-state index contributed by atoms with van der Waals surface area (Å²) in [5.74, 6) is -0.0690. The molecule has 0 aliphatic carbocycles. The van der Waals surface area contributed by atoms with Crippen LogP contribution in [0, 0.1) is 5.82 Å². The lowest BCUT2D eigenvalue weighted by atomic mass is 9.91. The molecule has 0 saturated heterocycles. The second kappa shape index (κ2) is 7.21. The molecule has 0 bridgehead atoms. The van der Waals surface area contributed by atoms with Gasteiger partial charge in [-0.1, -0.05) is 45.7 Å². The van der Waals surface area contributed by atoms with Crippen molar-refractivity contribution in [2.75, 3.05) is 13.6 Å². The topological polar surface area (TPSA) is 12.0 Å². The van der Waals surface area contributed by atoms with Gasteiger partial charge in [0.05, 0.1) is 0 Å². The molecule has 0 fully saturated rings. The van der Waals surface area contributed by atoms with Gasteiger partial charge in [0, 0.05) is 27.5 Å². The molecule has 20 heavy (non-hydrogen) atoms. The summed E-state index contributed by atoms with van der Waals surface area (Å²) >= 11 is 9.60. The van der Waals surface area contributed by atoms with E-state index in [-0.39, 0.29) is 11.7 Å². The van der Waals surface area contributed by atoms with Crippen molar-refractivity contribution in [3.8, 4) is 0 Å². The van der Waals surface area contributed by atoms with Gasteiger partial charge >= 0.3 is 0 Å². The van der Waals surface area contributed by atoms with Gasteiger partial charge in [-0.05, 0) is 43.3 Å². The van der Waals surface area contributed by atoms with Crippen molar-refractivity contribution in [1.82, 2.24) is 5.32 Å². The standard InChI is InChI=1S/C16H16BrClFN/c1-20-10-12(11-4-2-5-13(17)8-11)9-14-15(18)6-3-7-16(14)19/h2-8,12,20H,9-10H2,1H3. The predicted molar refractivity (Wildman–Crippen MR) is 85.9 cm³/mol. The van der Waals surface area contributed by atoms with Crippen molar-refractivity contribution in [3.05, 3.63) is 68.9 Å². The van der Waals surface area contributed by atoms with Gasteiger partial charge in [0.2, 0.25) is 0 Å². The third kappa shape index (κ3) is 3.81. The zero-order valence-electron chi connectivity index (χ0n) is 11.2. The summed E-state index contributed by atoms with van der Waals surface area (Å²) in [5, 5.41) is 3.65. The first-order valence-electron chi connectivity index (χ1n) is 6.44. The Morgan fingerprint density at radius 1 is 1.25 bits per heavy atom. The number of nitrogens with one attached hydrogen (secondary N) is 1. The molecular formula is C16H16BrClFN. The Balaban J connectivity index is 2.30. The maximum absolute atomic E-state index is 13.9. The predicted octanol–water partition coefficient (Wildman–Crippen LogP) is 4.79. The van der Waals surface area contributed by atoms with Crippen LogP contribution in [-0.4, -0.2) is 13.6 Å². The summed E-state index contributed by atoms with van der Waals surface area (Å²) in [7, 11) is 1.90. The fourth-order valence-corrected chi connectivity index (χ4v) is 2.95. The number of benzene rings is 2. The molecule has 1 nitrogen and oxygen atoms in total. The van der Waals surface area contributed by atoms with Gasteiger partial charge < -0.3 is 5.32 Å². The minimum absolute atomic E-state index is 0.173. The van der Waals surface area contributed by atoms with Crippen LogP contribution in [0.1, 0.15) is 17.0 Å². The third-order valence-corrected chi connectivity index (χ3v) is 4.13. The highest BCUT2D eigenvalue weighted by atomic mass is 79.9. The molecule has 0 aliphatic rings. The molecule has 2 aromatic rings. The first-order chi connectivity index (χ1) is 9.61. The molecule has 0 radical (unpaired) electrons. The van der Waals surface area contributed by atoms with E-state index in [1.165, 1.54) is 6.07 Å². The second-order valence-corrected chi connectivity index (χ2v) is 6.04. The minimum atomic E-state index is -0.242. The maximum Gasteiger partial charge on any atom is 0.127 e. The fourth-order valence-electron chi connectivity index (χ4n) is 2.29. The number of hydrogen-bond donors (Lipinski definition) is 1. The van der Waals surface area contributed by atoms with E-state index in [4.69, 9.17) is 11.6 Å². The average molecular weight is 357 g/mol. The Morgan fingerprint density at radius 3 is 2.65 bits per heavy atom. The van der Waals surface area contributed by atoms with Gasteiger partial charge in [0.15, 0.2) is 0 Å². The van der Waals surface area contributed by atoms with E-state index in [0.717, 1.165) is 16.6 Å². The lowest BCUT2D eigenvalue weighted by Gasteiger charge is -2.18. The van der Waals surface area contributed by atoms with Gasteiger partial charge in [-0.15, -0.1) is 0 Å². The van der Waals surface area contributed by atoms with Crippen molar-refractivity contribution in [3.63, 3.8) is 0 Å². The lowest BCUT2D eigenvalue weighted by Crippen LogP contribution is -2.19. The first kappa shape index (κ1) is 15.5. The van der Waals surface area contributed by atoms with E-state index < -0.39 is 0 Å². The van der Waals surface area contributed by atoms with Crippen molar-refractivity contribution >= 4 is 27.5 Å². The summed E-state index contributed by atoms with van der Waals surface area (Å²) in [4.78, 5) is 0.